The maximum absolute atomic E-state index is 11.4. The highest BCUT2D eigenvalue weighted by atomic mass is 16.5. The number of nitrogens with one attached hydrogen (secondary N) is 2. The Morgan fingerprint density at radius 1 is 1.57 bits per heavy atom. The Kier molecular flexibility index (Phi) is 3.65. The molecule has 116 valence electrons. The molecule has 2 fully saturated rings. The quantitative estimate of drug-likeness (QED) is 0.876. The van der Waals surface area contributed by atoms with Gasteiger partial charge in [0.25, 0.3) is 0 Å². The summed E-state index contributed by atoms with van der Waals surface area (Å²) < 4.78 is 7.57. The molecule has 6 nitrogen and oxygen atoms in total. The lowest BCUT2D eigenvalue weighted by Gasteiger charge is -2.60. The van der Waals surface area contributed by atoms with Crippen molar-refractivity contribution in [2.75, 3.05) is 19.0 Å². The van der Waals surface area contributed by atoms with E-state index in [0.717, 1.165) is 18.7 Å². The van der Waals surface area contributed by atoms with E-state index in [-0.39, 0.29) is 17.9 Å². The fourth-order valence-electron chi connectivity index (χ4n) is 3.75. The third-order valence-electron chi connectivity index (χ3n) is 4.87. The summed E-state index contributed by atoms with van der Waals surface area (Å²) >= 11 is 0. The molecule has 1 aliphatic carbocycles. The number of fused-ring (bicyclic) bond motifs is 1. The van der Waals surface area contributed by atoms with E-state index in [2.05, 4.69) is 29.6 Å². The predicted molar refractivity (Wildman–Crippen MR) is 79.9 cm³/mol. The van der Waals surface area contributed by atoms with E-state index in [0.29, 0.717) is 18.1 Å². The first-order valence-electron chi connectivity index (χ1n) is 7.63. The minimum Gasteiger partial charge on any atom is -0.379 e. The van der Waals surface area contributed by atoms with Crippen LogP contribution >= 0.6 is 0 Å². The molecule has 6 heteroatoms. The van der Waals surface area contributed by atoms with Crippen LogP contribution in [0, 0.1) is 11.3 Å². The SMILES string of the molecule is CNC(=O)Cn1cc(NC2C3CCCOC3C2(C)C)cn1. The first kappa shape index (κ1) is 14.4. The van der Waals surface area contributed by atoms with E-state index < -0.39 is 0 Å². The summed E-state index contributed by atoms with van der Waals surface area (Å²) in [5.74, 6) is 0.533. The van der Waals surface area contributed by atoms with Gasteiger partial charge in [0.1, 0.15) is 6.54 Å². The second-order valence-electron chi connectivity index (χ2n) is 6.64. The lowest BCUT2D eigenvalue weighted by Crippen LogP contribution is -2.67. The fraction of sp³-hybridized carbons (Fsp3) is 0.733. The van der Waals surface area contributed by atoms with Crippen molar-refractivity contribution in [1.82, 2.24) is 15.1 Å². The summed E-state index contributed by atoms with van der Waals surface area (Å²) in [5, 5.41) is 10.4. The van der Waals surface area contributed by atoms with Crippen LogP contribution in [0.1, 0.15) is 26.7 Å². The zero-order valence-corrected chi connectivity index (χ0v) is 12.9. The number of hydrogen-bond donors (Lipinski definition) is 2. The summed E-state index contributed by atoms with van der Waals surface area (Å²) in [4.78, 5) is 11.4. The summed E-state index contributed by atoms with van der Waals surface area (Å²) in [6.45, 7) is 5.65. The van der Waals surface area contributed by atoms with E-state index in [1.165, 1.54) is 6.42 Å². The van der Waals surface area contributed by atoms with Gasteiger partial charge in [-0.2, -0.15) is 5.10 Å². The first-order chi connectivity index (χ1) is 10.0. The number of carbonyl (C=O) groups excluding carboxylic acids is 1. The Morgan fingerprint density at radius 3 is 3.14 bits per heavy atom. The molecular weight excluding hydrogens is 268 g/mol. The summed E-state index contributed by atoms with van der Waals surface area (Å²) in [7, 11) is 1.63. The minimum atomic E-state index is -0.0469. The van der Waals surface area contributed by atoms with Crippen molar-refractivity contribution in [3.8, 4) is 0 Å². The maximum atomic E-state index is 11.4. The van der Waals surface area contributed by atoms with Crippen LogP contribution in [0.3, 0.4) is 0 Å². The molecule has 0 spiro atoms. The number of ether oxygens (including phenoxy) is 1. The first-order valence-corrected chi connectivity index (χ1v) is 7.63. The van der Waals surface area contributed by atoms with Gasteiger partial charge in [0.2, 0.25) is 5.91 Å². The second-order valence-corrected chi connectivity index (χ2v) is 6.64. The van der Waals surface area contributed by atoms with Gasteiger partial charge in [0.15, 0.2) is 0 Å². The predicted octanol–water partition coefficient (Wildman–Crippen LogP) is 1.24. The van der Waals surface area contributed by atoms with E-state index in [9.17, 15) is 4.79 Å². The van der Waals surface area contributed by atoms with Gasteiger partial charge >= 0.3 is 0 Å². The van der Waals surface area contributed by atoms with Crippen molar-refractivity contribution in [2.45, 2.75) is 45.4 Å². The minimum absolute atomic E-state index is 0.0469. The van der Waals surface area contributed by atoms with Gasteiger partial charge in [-0.05, 0) is 12.8 Å². The molecule has 2 aliphatic rings. The van der Waals surface area contributed by atoms with Crippen LogP contribution in [0.25, 0.3) is 0 Å². The van der Waals surface area contributed by atoms with E-state index in [1.807, 2.05) is 6.20 Å². The van der Waals surface area contributed by atoms with Crippen LogP contribution in [-0.2, 0) is 16.1 Å². The Balaban J connectivity index is 1.65. The number of likely N-dealkylation sites (N-methyl/N-ethyl adjacent to an activating group) is 1. The molecule has 1 aliphatic heterocycles. The van der Waals surface area contributed by atoms with Crippen LogP contribution in [0.4, 0.5) is 5.69 Å². The van der Waals surface area contributed by atoms with Crippen molar-refractivity contribution in [2.24, 2.45) is 11.3 Å². The highest BCUT2D eigenvalue weighted by Crippen LogP contribution is 2.52. The van der Waals surface area contributed by atoms with E-state index in [1.54, 1.807) is 17.9 Å². The molecule has 3 unspecified atom stereocenters. The highest BCUT2D eigenvalue weighted by molar-refractivity contribution is 5.75. The molecule has 0 radical (unpaired) electrons. The number of rotatable bonds is 4. The average Bonchev–Trinajstić information content (AvgIpc) is 2.92. The van der Waals surface area contributed by atoms with Crippen LogP contribution < -0.4 is 10.6 Å². The highest BCUT2D eigenvalue weighted by Gasteiger charge is 2.57. The molecule has 21 heavy (non-hydrogen) atoms. The third-order valence-corrected chi connectivity index (χ3v) is 4.87. The number of nitrogens with zero attached hydrogens (tertiary/aromatic N) is 2. The molecule has 3 rings (SSSR count). The topological polar surface area (TPSA) is 68.2 Å². The molecule has 1 saturated carbocycles. The third kappa shape index (κ3) is 2.52. The van der Waals surface area contributed by atoms with Crippen molar-refractivity contribution in [1.29, 1.82) is 0 Å². The molecule has 2 heterocycles. The standard InChI is InChI=1S/C15H24N4O2/c1-15(2)13(11-5-4-6-21-14(11)15)18-10-7-17-19(8-10)9-12(20)16-3/h7-8,11,13-14,18H,4-6,9H2,1-3H3,(H,16,20). The van der Waals surface area contributed by atoms with E-state index >= 15 is 0 Å². The van der Waals surface area contributed by atoms with Crippen molar-refractivity contribution < 1.29 is 9.53 Å². The van der Waals surface area contributed by atoms with Gasteiger partial charge in [-0.25, -0.2) is 0 Å². The largest absolute Gasteiger partial charge is 0.379 e. The zero-order valence-electron chi connectivity index (χ0n) is 12.9. The smallest absolute Gasteiger partial charge is 0.241 e. The maximum Gasteiger partial charge on any atom is 0.241 e. The Labute approximate surface area is 125 Å². The molecule has 1 aromatic rings. The molecule has 1 aromatic heterocycles. The number of aromatic nitrogens is 2. The zero-order chi connectivity index (χ0) is 15.0. The summed E-state index contributed by atoms with van der Waals surface area (Å²) in [6.07, 6.45) is 6.41. The molecular formula is C15H24N4O2. The lowest BCUT2D eigenvalue weighted by atomic mass is 9.55. The van der Waals surface area contributed by atoms with Crippen molar-refractivity contribution in [3.63, 3.8) is 0 Å². The van der Waals surface area contributed by atoms with Gasteiger partial charge in [-0.15, -0.1) is 0 Å². The van der Waals surface area contributed by atoms with Crippen molar-refractivity contribution in [3.05, 3.63) is 12.4 Å². The Hall–Kier alpha value is -1.56. The van der Waals surface area contributed by atoms with Crippen molar-refractivity contribution >= 4 is 11.6 Å². The van der Waals surface area contributed by atoms with Crippen LogP contribution in [-0.4, -0.2) is 41.5 Å². The molecule has 3 atom stereocenters. The Bertz CT molecular complexity index is 525. The van der Waals surface area contributed by atoms with Gasteiger partial charge in [0, 0.05) is 37.2 Å². The normalized spacial score (nSPS) is 30.1. The fourth-order valence-corrected chi connectivity index (χ4v) is 3.75. The average molecular weight is 292 g/mol. The summed E-state index contributed by atoms with van der Waals surface area (Å²) in [6, 6.07) is 0.403. The van der Waals surface area contributed by atoms with Gasteiger partial charge in [-0.1, -0.05) is 13.8 Å². The van der Waals surface area contributed by atoms with E-state index in [4.69, 9.17) is 4.74 Å². The molecule has 1 saturated heterocycles. The monoisotopic (exact) mass is 292 g/mol. The number of carbonyl (C=O) groups is 1. The second kappa shape index (κ2) is 5.33. The molecule has 1 amide bonds. The van der Waals surface area contributed by atoms with Gasteiger partial charge < -0.3 is 15.4 Å². The van der Waals surface area contributed by atoms with Crippen LogP contribution in [0.5, 0.6) is 0 Å². The molecule has 2 N–H and O–H groups in total. The summed E-state index contributed by atoms with van der Waals surface area (Å²) in [5.41, 5.74) is 1.11. The molecule has 0 bridgehead atoms. The lowest BCUT2D eigenvalue weighted by molar-refractivity contribution is -0.177. The Morgan fingerprint density at radius 2 is 2.38 bits per heavy atom. The number of anilines is 1. The molecule has 0 aromatic carbocycles. The number of hydrogen-bond acceptors (Lipinski definition) is 4. The van der Waals surface area contributed by atoms with Gasteiger partial charge in [0.05, 0.1) is 18.0 Å². The number of amides is 1. The van der Waals surface area contributed by atoms with Crippen LogP contribution in [0.2, 0.25) is 0 Å². The van der Waals surface area contributed by atoms with Crippen LogP contribution in [0.15, 0.2) is 12.4 Å². The van der Waals surface area contributed by atoms with Gasteiger partial charge in [-0.3, -0.25) is 9.48 Å².